The molecule has 0 fully saturated rings. The maximum Gasteiger partial charge on any atom is 0.240 e. The summed E-state index contributed by atoms with van der Waals surface area (Å²) in [4.78, 5) is 23.2. The Hall–Kier alpha value is -1.93. The summed E-state index contributed by atoms with van der Waals surface area (Å²) in [6.07, 6.45) is 0.885. The molecule has 3 N–H and O–H groups in total. The summed E-state index contributed by atoms with van der Waals surface area (Å²) >= 11 is 0. The van der Waals surface area contributed by atoms with Crippen LogP contribution in [0, 0.1) is 5.92 Å². The van der Waals surface area contributed by atoms with Crippen LogP contribution in [-0.2, 0) is 19.6 Å². The van der Waals surface area contributed by atoms with E-state index < -0.39 is 16.1 Å². The lowest BCUT2D eigenvalue weighted by Gasteiger charge is -2.23. The van der Waals surface area contributed by atoms with Gasteiger partial charge in [-0.15, -0.1) is 0 Å². The van der Waals surface area contributed by atoms with E-state index in [0.29, 0.717) is 5.69 Å². The number of benzene rings is 1. The summed E-state index contributed by atoms with van der Waals surface area (Å²) in [5.74, 6) is -0.459. The molecule has 1 aromatic rings. The summed E-state index contributed by atoms with van der Waals surface area (Å²) in [6, 6.07) is 5.42. The average molecular weight is 384 g/mol. The van der Waals surface area contributed by atoms with Crippen LogP contribution in [0.25, 0.3) is 0 Å². The first kappa shape index (κ1) is 22.1. The lowest BCUT2D eigenvalue weighted by atomic mass is 10.0. The first-order valence-corrected chi connectivity index (χ1v) is 10.2. The monoisotopic (exact) mass is 383 g/mol. The van der Waals surface area contributed by atoms with E-state index in [1.165, 1.54) is 31.2 Å². The van der Waals surface area contributed by atoms with Crippen molar-refractivity contribution in [3.63, 3.8) is 0 Å². The second-order valence-corrected chi connectivity index (χ2v) is 8.47. The molecule has 0 aromatic heterocycles. The van der Waals surface area contributed by atoms with Crippen molar-refractivity contribution in [1.82, 2.24) is 10.0 Å². The number of amides is 2. The maximum atomic E-state index is 12.6. The Morgan fingerprint density at radius 2 is 1.65 bits per heavy atom. The standard InChI is InChI=1S/C18H29N3O4S/c1-6-13(4)19-18(23)11-17(12(2)3)21-26(24,25)16-9-7-15(8-10-16)20-14(5)22/h7-10,12-13,17,21H,6,11H2,1-5H3,(H,19,23)(H,20,22)/t13-,17-/m0/s1. The lowest BCUT2D eigenvalue weighted by molar-refractivity contribution is -0.122. The van der Waals surface area contributed by atoms with E-state index in [9.17, 15) is 18.0 Å². The first-order chi connectivity index (χ1) is 12.0. The fraction of sp³-hybridized carbons (Fsp3) is 0.556. The molecule has 146 valence electrons. The van der Waals surface area contributed by atoms with Gasteiger partial charge in [0.15, 0.2) is 0 Å². The van der Waals surface area contributed by atoms with Crippen molar-refractivity contribution in [2.75, 3.05) is 5.32 Å². The van der Waals surface area contributed by atoms with Crippen molar-refractivity contribution in [2.24, 2.45) is 5.92 Å². The molecule has 0 unspecified atom stereocenters. The normalized spacial score (nSPS) is 13.9. The molecule has 26 heavy (non-hydrogen) atoms. The van der Waals surface area contributed by atoms with E-state index in [2.05, 4.69) is 15.4 Å². The SMILES string of the molecule is CC[C@H](C)NC(=O)C[C@H](NS(=O)(=O)c1ccc(NC(C)=O)cc1)C(C)C. The number of carbonyl (C=O) groups excluding carboxylic acids is 2. The van der Waals surface area contributed by atoms with E-state index in [1.54, 1.807) is 0 Å². The van der Waals surface area contributed by atoms with Gasteiger partial charge < -0.3 is 10.6 Å². The molecular weight excluding hydrogens is 354 g/mol. The number of hydrogen-bond donors (Lipinski definition) is 3. The third kappa shape index (κ3) is 7.13. The zero-order valence-electron chi connectivity index (χ0n) is 16.0. The Labute approximate surface area is 156 Å². The van der Waals surface area contributed by atoms with Crippen molar-refractivity contribution in [3.8, 4) is 0 Å². The van der Waals surface area contributed by atoms with Crippen molar-refractivity contribution in [3.05, 3.63) is 24.3 Å². The van der Waals surface area contributed by atoms with Gasteiger partial charge in [-0.05, 0) is 43.5 Å². The van der Waals surface area contributed by atoms with E-state index in [1.807, 2.05) is 27.7 Å². The molecule has 0 spiro atoms. The van der Waals surface area contributed by atoms with Crippen LogP contribution >= 0.6 is 0 Å². The lowest BCUT2D eigenvalue weighted by Crippen LogP contribution is -2.43. The number of nitrogens with one attached hydrogen (secondary N) is 3. The molecule has 0 aliphatic rings. The molecule has 0 bridgehead atoms. The second kappa shape index (κ2) is 9.68. The molecule has 0 heterocycles. The van der Waals surface area contributed by atoms with Gasteiger partial charge >= 0.3 is 0 Å². The first-order valence-electron chi connectivity index (χ1n) is 8.74. The molecule has 2 atom stereocenters. The van der Waals surface area contributed by atoms with Gasteiger partial charge in [0.2, 0.25) is 21.8 Å². The minimum Gasteiger partial charge on any atom is -0.354 e. The number of sulfonamides is 1. The minimum atomic E-state index is -3.77. The maximum absolute atomic E-state index is 12.6. The predicted molar refractivity (Wildman–Crippen MR) is 102 cm³/mol. The van der Waals surface area contributed by atoms with Gasteiger partial charge in [-0.25, -0.2) is 13.1 Å². The summed E-state index contributed by atoms with van der Waals surface area (Å²) in [6.45, 7) is 8.98. The number of carbonyl (C=O) groups is 2. The van der Waals surface area contributed by atoms with Gasteiger partial charge in [-0.3, -0.25) is 9.59 Å². The zero-order chi connectivity index (χ0) is 19.9. The molecule has 2 amide bonds. The number of hydrogen-bond acceptors (Lipinski definition) is 4. The zero-order valence-corrected chi connectivity index (χ0v) is 16.8. The highest BCUT2D eigenvalue weighted by Crippen LogP contribution is 2.17. The Bertz CT molecular complexity index is 714. The smallest absolute Gasteiger partial charge is 0.240 e. The molecule has 0 radical (unpaired) electrons. The molecule has 7 nitrogen and oxygen atoms in total. The fourth-order valence-electron chi connectivity index (χ4n) is 2.24. The van der Waals surface area contributed by atoms with Crippen LogP contribution in [-0.4, -0.2) is 32.3 Å². The fourth-order valence-corrected chi connectivity index (χ4v) is 3.62. The van der Waals surface area contributed by atoms with Gasteiger partial charge in [0, 0.05) is 31.1 Å². The molecule has 1 aromatic carbocycles. The third-order valence-electron chi connectivity index (χ3n) is 4.02. The highest BCUT2D eigenvalue weighted by molar-refractivity contribution is 7.89. The predicted octanol–water partition coefficient (Wildman–Crippen LogP) is 2.25. The van der Waals surface area contributed by atoms with E-state index in [0.717, 1.165) is 6.42 Å². The van der Waals surface area contributed by atoms with Crippen LogP contribution in [0.2, 0.25) is 0 Å². The summed E-state index contributed by atoms with van der Waals surface area (Å²) in [5.41, 5.74) is 0.518. The molecule has 0 saturated heterocycles. The summed E-state index contributed by atoms with van der Waals surface area (Å²) in [5, 5.41) is 5.44. The van der Waals surface area contributed by atoms with Gasteiger partial charge in [0.1, 0.15) is 0 Å². The second-order valence-electron chi connectivity index (χ2n) is 6.76. The van der Waals surface area contributed by atoms with Crippen LogP contribution in [0.15, 0.2) is 29.2 Å². The molecule has 0 saturated carbocycles. The highest BCUT2D eigenvalue weighted by atomic mass is 32.2. The van der Waals surface area contributed by atoms with Crippen LogP contribution < -0.4 is 15.4 Å². The Kier molecular flexibility index (Phi) is 8.23. The Morgan fingerprint density at radius 1 is 1.08 bits per heavy atom. The molecule has 0 aliphatic carbocycles. The largest absolute Gasteiger partial charge is 0.354 e. The van der Waals surface area contributed by atoms with Crippen LogP contribution in [0.1, 0.15) is 47.5 Å². The van der Waals surface area contributed by atoms with E-state index in [-0.39, 0.29) is 35.1 Å². The topological polar surface area (TPSA) is 104 Å². The minimum absolute atomic E-state index is 0.0493. The van der Waals surface area contributed by atoms with Crippen LogP contribution in [0.4, 0.5) is 5.69 Å². The molecule has 8 heteroatoms. The van der Waals surface area contributed by atoms with Gasteiger partial charge in [-0.2, -0.15) is 0 Å². The summed E-state index contributed by atoms with van der Waals surface area (Å²) < 4.78 is 27.8. The van der Waals surface area contributed by atoms with Crippen molar-refractivity contribution in [1.29, 1.82) is 0 Å². The number of anilines is 1. The Balaban J connectivity index is 2.86. The van der Waals surface area contributed by atoms with Gasteiger partial charge in [0.05, 0.1) is 4.90 Å². The van der Waals surface area contributed by atoms with Gasteiger partial charge in [0.25, 0.3) is 0 Å². The van der Waals surface area contributed by atoms with Crippen molar-refractivity contribution >= 4 is 27.5 Å². The van der Waals surface area contributed by atoms with E-state index in [4.69, 9.17) is 0 Å². The van der Waals surface area contributed by atoms with Crippen LogP contribution in [0.5, 0.6) is 0 Å². The molecule has 0 aliphatic heterocycles. The van der Waals surface area contributed by atoms with Crippen molar-refractivity contribution in [2.45, 2.75) is 64.4 Å². The van der Waals surface area contributed by atoms with Crippen LogP contribution in [0.3, 0.4) is 0 Å². The Morgan fingerprint density at radius 3 is 2.12 bits per heavy atom. The summed E-state index contributed by atoms with van der Waals surface area (Å²) in [7, 11) is -3.77. The quantitative estimate of drug-likeness (QED) is 0.608. The third-order valence-corrected chi connectivity index (χ3v) is 5.53. The number of rotatable bonds is 9. The highest BCUT2D eigenvalue weighted by Gasteiger charge is 2.25. The molecular formula is C18H29N3O4S. The van der Waals surface area contributed by atoms with Crippen molar-refractivity contribution < 1.29 is 18.0 Å². The van der Waals surface area contributed by atoms with E-state index >= 15 is 0 Å². The molecule has 1 rings (SSSR count). The average Bonchev–Trinajstić information content (AvgIpc) is 2.53. The van der Waals surface area contributed by atoms with Gasteiger partial charge in [-0.1, -0.05) is 20.8 Å².